The molecule has 0 saturated carbocycles. The van der Waals surface area contributed by atoms with Gasteiger partial charge in [-0.1, -0.05) is 6.07 Å². The number of benzene rings is 1. The van der Waals surface area contributed by atoms with Crippen molar-refractivity contribution in [3.63, 3.8) is 0 Å². The Kier molecular flexibility index (Phi) is 5.79. The van der Waals surface area contributed by atoms with E-state index in [2.05, 4.69) is 10.3 Å². The van der Waals surface area contributed by atoms with E-state index in [1.807, 2.05) is 19.1 Å². The summed E-state index contributed by atoms with van der Waals surface area (Å²) >= 11 is 0. The number of aromatic nitrogens is 1. The molecule has 8 nitrogen and oxygen atoms in total. The average Bonchev–Trinajstić information content (AvgIpc) is 2.71. The number of carboxylic acid groups (broad SMARTS) is 1. The number of methoxy groups -OCH3 is 1. The first-order valence-corrected chi connectivity index (χ1v) is 8.86. The van der Waals surface area contributed by atoms with Crippen LogP contribution in [0.1, 0.15) is 18.4 Å². The van der Waals surface area contributed by atoms with Crippen molar-refractivity contribution in [2.24, 2.45) is 5.41 Å². The predicted octanol–water partition coefficient (Wildman–Crippen LogP) is 3.01. The summed E-state index contributed by atoms with van der Waals surface area (Å²) in [4.78, 5) is 28.5. The maximum Gasteiger partial charge on any atom is 0.319 e. The zero-order chi connectivity index (χ0) is 20.1. The monoisotopic (exact) mass is 386 g/mol. The van der Waals surface area contributed by atoms with E-state index in [1.54, 1.807) is 25.3 Å². The molecule has 2 N–H and O–H groups in total. The molecule has 0 bridgehead atoms. The summed E-state index contributed by atoms with van der Waals surface area (Å²) in [5, 5.41) is 12.2. The molecule has 8 heteroatoms. The lowest BCUT2D eigenvalue weighted by atomic mass is 9.79. The molecule has 0 atom stereocenters. The Hall–Kier alpha value is -3.13. The third-order valence-corrected chi connectivity index (χ3v) is 4.72. The molecule has 0 spiro atoms. The number of amides is 1. The van der Waals surface area contributed by atoms with Crippen LogP contribution in [0.15, 0.2) is 36.5 Å². The van der Waals surface area contributed by atoms with Crippen molar-refractivity contribution < 1.29 is 28.9 Å². The molecule has 1 fully saturated rings. The summed E-state index contributed by atoms with van der Waals surface area (Å²) in [6.07, 6.45) is 1.69. The third kappa shape index (κ3) is 4.07. The van der Waals surface area contributed by atoms with E-state index in [0.717, 1.165) is 5.56 Å². The van der Waals surface area contributed by atoms with Crippen LogP contribution in [0.4, 0.5) is 5.69 Å². The van der Waals surface area contributed by atoms with Gasteiger partial charge in [-0.25, -0.2) is 4.98 Å². The van der Waals surface area contributed by atoms with Crippen molar-refractivity contribution in [2.45, 2.75) is 19.8 Å². The number of pyridine rings is 1. The lowest BCUT2D eigenvalue weighted by molar-refractivity contribution is -0.160. The minimum absolute atomic E-state index is 0.135. The molecule has 148 valence electrons. The lowest BCUT2D eigenvalue weighted by Crippen LogP contribution is -2.47. The highest BCUT2D eigenvalue weighted by Gasteiger charge is 2.47. The molecule has 2 heterocycles. The number of hydrogen-bond donors (Lipinski definition) is 2. The van der Waals surface area contributed by atoms with Crippen LogP contribution in [-0.2, 0) is 14.3 Å². The summed E-state index contributed by atoms with van der Waals surface area (Å²) in [5.41, 5.74) is -0.0566. The molecule has 0 unspecified atom stereocenters. The van der Waals surface area contributed by atoms with Crippen LogP contribution >= 0.6 is 0 Å². The van der Waals surface area contributed by atoms with Gasteiger partial charge in [-0.05, 0) is 43.5 Å². The molecule has 1 aliphatic heterocycles. The lowest BCUT2D eigenvalue weighted by Gasteiger charge is -2.31. The van der Waals surface area contributed by atoms with Gasteiger partial charge in [-0.2, -0.15) is 0 Å². The molecular formula is C20H22N2O6. The number of rotatable bonds is 6. The first-order valence-electron chi connectivity index (χ1n) is 8.86. The smallest absolute Gasteiger partial charge is 0.319 e. The summed E-state index contributed by atoms with van der Waals surface area (Å²) in [6.45, 7) is 2.43. The molecule has 28 heavy (non-hydrogen) atoms. The van der Waals surface area contributed by atoms with Gasteiger partial charge in [-0.15, -0.1) is 0 Å². The van der Waals surface area contributed by atoms with Crippen molar-refractivity contribution in [1.82, 2.24) is 4.98 Å². The Balaban J connectivity index is 1.71. The first kappa shape index (κ1) is 19.6. The van der Waals surface area contributed by atoms with Gasteiger partial charge in [0.1, 0.15) is 0 Å². The van der Waals surface area contributed by atoms with E-state index in [1.165, 1.54) is 6.20 Å². The van der Waals surface area contributed by atoms with Crippen LogP contribution in [0.3, 0.4) is 0 Å². The maximum absolute atomic E-state index is 12.6. The highest BCUT2D eigenvalue weighted by Crippen LogP contribution is 2.33. The summed E-state index contributed by atoms with van der Waals surface area (Å²) < 4.78 is 16.2. The fourth-order valence-corrected chi connectivity index (χ4v) is 3.00. The zero-order valence-corrected chi connectivity index (χ0v) is 15.7. The number of carbonyl (C=O) groups excluding carboxylic acids is 1. The van der Waals surface area contributed by atoms with Gasteiger partial charge < -0.3 is 24.6 Å². The standard InChI is InChI=1S/C20H22N2O6/c1-13-3-5-15(16(11-13)26-2)28-17-6-4-14(12-21-17)22-18(23)20(19(24)25)7-9-27-10-8-20/h3-6,11-12H,7-10H2,1-2H3,(H,22,23)(H,24,25). The SMILES string of the molecule is COc1cc(C)ccc1Oc1ccc(NC(=O)C2(C(=O)O)CCOCC2)cn1. The second-order valence-electron chi connectivity index (χ2n) is 6.60. The quantitative estimate of drug-likeness (QED) is 0.735. The van der Waals surface area contributed by atoms with Crippen molar-refractivity contribution in [3.05, 3.63) is 42.1 Å². The van der Waals surface area contributed by atoms with E-state index in [9.17, 15) is 14.7 Å². The largest absolute Gasteiger partial charge is 0.493 e. The van der Waals surface area contributed by atoms with Crippen LogP contribution < -0.4 is 14.8 Å². The van der Waals surface area contributed by atoms with Gasteiger partial charge in [0.25, 0.3) is 0 Å². The van der Waals surface area contributed by atoms with Gasteiger partial charge in [0.15, 0.2) is 16.9 Å². The number of nitrogens with one attached hydrogen (secondary N) is 1. The van der Waals surface area contributed by atoms with E-state index >= 15 is 0 Å². The number of aliphatic carboxylic acids is 1. The predicted molar refractivity (Wildman–Crippen MR) is 101 cm³/mol. The van der Waals surface area contributed by atoms with Gasteiger partial charge in [-0.3, -0.25) is 9.59 Å². The highest BCUT2D eigenvalue weighted by molar-refractivity contribution is 6.08. The topological polar surface area (TPSA) is 107 Å². The summed E-state index contributed by atoms with van der Waals surface area (Å²) in [5.74, 6) is -0.294. The molecule has 1 aromatic carbocycles. The van der Waals surface area contributed by atoms with Gasteiger partial charge in [0.2, 0.25) is 11.8 Å². The summed E-state index contributed by atoms with van der Waals surface area (Å²) in [7, 11) is 1.56. The maximum atomic E-state index is 12.6. The Morgan fingerprint density at radius 1 is 1.18 bits per heavy atom. The zero-order valence-electron chi connectivity index (χ0n) is 15.7. The minimum atomic E-state index is -1.48. The van der Waals surface area contributed by atoms with Crippen LogP contribution in [-0.4, -0.2) is 42.3 Å². The third-order valence-electron chi connectivity index (χ3n) is 4.72. The highest BCUT2D eigenvalue weighted by atomic mass is 16.5. The normalized spacial score (nSPS) is 15.5. The van der Waals surface area contributed by atoms with Gasteiger partial charge >= 0.3 is 5.97 Å². The van der Waals surface area contributed by atoms with Crippen molar-refractivity contribution >= 4 is 17.6 Å². The minimum Gasteiger partial charge on any atom is -0.493 e. The van der Waals surface area contributed by atoms with Crippen molar-refractivity contribution in [2.75, 3.05) is 25.6 Å². The van der Waals surface area contributed by atoms with Gasteiger partial charge in [0, 0.05) is 19.3 Å². The number of carboxylic acids is 1. The Labute approximate surface area is 162 Å². The average molecular weight is 386 g/mol. The van der Waals surface area contributed by atoms with Crippen molar-refractivity contribution in [3.8, 4) is 17.4 Å². The van der Waals surface area contributed by atoms with Crippen LogP contribution in [0.2, 0.25) is 0 Å². The van der Waals surface area contributed by atoms with E-state index < -0.39 is 17.3 Å². The molecule has 1 aromatic heterocycles. The molecule has 1 saturated heterocycles. The number of nitrogens with zero attached hydrogens (tertiary/aromatic N) is 1. The van der Waals surface area contributed by atoms with E-state index in [-0.39, 0.29) is 26.1 Å². The molecule has 0 radical (unpaired) electrons. The second-order valence-corrected chi connectivity index (χ2v) is 6.60. The number of carbonyl (C=O) groups is 2. The Morgan fingerprint density at radius 3 is 2.54 bits per heavy atom. The number of ether oxygens (including phenoxy) is 3. The van der Waals surface area contributed by atoms with Crippen LogP contribution in [0, 0.1) is 12.3 Å². The number of hydrogen-bond acceptors (Lipinski definition) is 6. The molecule has 2 aromatic rings. The van der Waals surface area contributed by atoms with E-state index in [4.69, 9.17) is 14.2 Å². The van der Waals surface area contributed by atoms with E-state index in [0.29, 0.717) is 23.1 Å². The molecular weight excluding hydrogens is 364 g/mol. The molecule has 3 rings (SSSR count). The Morgan fingerprint density at radius 2 is 1.93 bits per heavy atom. The van der Waals surface area contributed by atoms with Crippen LogP contribution in [0.25, 0.3) is 0 Å². The number of aryl methyl sites for hydroxylation is 1. The van der Waals surface area contributed by atoms with Gasteiger partial charge in [0.05, 0.1) is 19.0 Å². The fraction of sp³-hybridized carbons (Fsp3) is 0.350. The first-order chi connectivity index (χ1) is 13.4. The molecule has 1 aliphatic rings. The van der Waals surface area contributed by atoms with Crippen molar-refractivity contribution in [1.29, 1.82) is 0 Å². The Bertz CT molecular complexity index is 859. The number of anilines is 1. The summed E-state index contributed by atoms with van der Waals surface area (Å²) in [6, 6.07) is 8.73. The fourth-order valence-electron chi connectivity index (χ4n) is 3.00. The molecule has 1 amide bonds. The molecule has 0 aliphatic carbocycles. The van der Waals surface area contributed by atoms with Crippen LogP contribution in [0.5, 0.6) is 17.4 Å². The second kappa shape index (κ2) is 8.26.